The summed E-state index contributed by atoms with van der Waals surface area (Å²) in [6.07, 6.45) is 2.16. The first-order chi connectivity index (χ1) is 12.7. The van der Waals surface area contributed by atoms with E-state index in [2.05, 4.69) is 15.3 Å². The minimum Gasteiger partial charge on any atom is -0.381 e. The molecule has 4 unspecified atom stereocenters. The van der Waals surface area contributed by atoms with E-state index in [0.717, 1.165) is 49.9 Å². The number of aromatic nitrogens is 1. The molecule has 7 heteroatoms. The number of thiazole rings is 1. The third-order valence-electron chi connectivity index (χ3n) is 6.42. The molecule has 6 atom stereocenters. The topological polar surface area (TPSA) is 60.9 Å². The molecule has 6 nitrogen and oxygen atoms in total. The Hall–Kier alpha value is -1.02. The van der Waals surface area contributed by atoms with E-state index in [1.54, 1.807) is 11.3 Å². The molecule has 0 N–H and O–H groups in total. The lowest BCUT2D eigenvalue weighted by molar-refractivity contribution is -0.146. The third kappa shape index (κ3) is 3.09. The van der Waals surface area contributed by atoms with Gasteiger partial charge in [0.05, 0.1) is 55.9 Å². The van der Waals surface area contributed by atoms with Gasteiger partial charge in [0.15, 0.2) is 0 Å². The van der Waals surface area contributed by atoms with Crippen LogP contribution in [0.25, 0.3) is 0 Å². The van der Waals surface area contributed by atoms with Gasteiger partial charge in [-0.25, -0.2) is 4.98 Å². The molecule has 2 aliphatic heterocycles. The molecular formula is C19H26N2O4S. The molecule has 26 heavy (non-hydrogen) atoms. The van der Waals surface area contributed by atoms with Gasteiger partial charge in [0.1, 0.15) is 0 Å². The summed E-state index contributed by atoms with van der Waals surface area (Å²) in [4.78, 5) is 19.6. The molecule has 0 radical (unpaired) electrons. The minimum atomic E-state index is 0.178. The fourth-order valence-corrected chi connectivity index (χ4v) is 5.66. The highest BCUT2D eigenvalue weighted by atomic mass is 32.1. The minimum absolute atomic E-state index is 0.178. The van der Waals surface area contributed by atoms with Crippen LogP contribution in [0.1, 0.15) is 23.5 Å². The first kappa shape index (κ1) is 17.1. The van der Waals surface area contributed by atoms with Gasteiger partial charge in [-0.2, -0.15) is 0 Å². The van der Waals surface area contributed by atoms with Gasteiger partial charge >= 0.3 is 0 Å². The highest BCUT2D eigenvalue weighted by Crippen LogP contribution is 2.52. The van der Waals surface area contributed by atoms with Crippen molar-refractivity contribution >= 4 is 17.2 Å². The number of hydrogen-bond acceptors (Lipinski definition) is 6. The van der Waals surface area contributed by atoms with Gasteiger partial charge in [-0.15, -0.1) is 11.3 Å². The summed E-state index contributed by atoms with van der Waals surface area (Å²) in [5, 5.41) is 3.14. The fourth-order valence-electron chi connectivity index (χ4n) is 5.06. The maximum absolute atomic E-state index is 13.0. The molecule has 1 aromatic heterocycles. The van der Waals surface area contributed by atoms with Crippen molar-refractivity contribution in [3.05, 3.63) is 16.1 Å². The lowest BCUT2D eigenvalue weighted by Crippen LogP contribution is -2.52. The van der Waals surface area contributed by atoms with Gasteiger partial charge in [0.25, 0.3) is 0 Å². The van der Waals surface area contributed by atoms with Crippen molar-refractivity contribution in [2.24, 2.45) is 23.7 Å². The number of carbonyl (C=O) groups excluding carboxylic acids is 1. The van der Waals surface area contributed by atoms with Crippen molar-refractivity contribution < 1.29 is 19.0 Å². The average Bonchev–Trinajstić information content (AvgIpc) is 3.07. The Balaban J connectivity index is 1.15. The second kappa shape index (κ2) is 6.86. The van der Waals surface area contributed by atoms with Crippen LogP contribution in [0, 0.1) is 30.6 Å². The molecule has 1 amide bonds. The van der Waals surface area contributed by atoms with Crippen LogP contribution in [0.4, 0.5) is 0 Å². The number of rotatable bonds is 5. The van der Waals surface area contributed by atoms with Gasteiger partial charge in [-0.05, 0) is 37.5 Å². The molecule has 4 aliphatic rings. The predicted octanol–water partition coefficient (Wildman–Crippen LogP) is 1.87. The van der Waals surface area contributed by atoms with Crippen LogP contribution in [0.15, 0.2) is 5.38 Å². The van der Waals surface area contributed by atoms with E-state index < -0.39 is 0 Å². The molecule has 0 bridgehead atoms. The molecule has 3 heterocycles. The third-order valence-corrected chi connectivity index (χ3v) is 7.25. The van der Waals surface area contributed by atoms with E-state index in [0.29, 0.717) is 36.9 Å². The maximum atomic E-state index is 13.0. The summed E-state index contributed by atoms with van der Waals surface area (Å²) in [5.74, 6) is 1.98. The monoisotopic (exact) mass is 378 g/mol. The highest BCUT2D eigenvalue weighted by molar-refractivity contribution is 7.09. The van der Waals surface area contributed by atoms with Crippen LogP contribution < -0.4 is 0 Å². The summed E-state index contributed by atoms with van der Waals surface area (Å²) < 4.78 is 17.3. The molecule has 142 valence electrons. The van der Waals surface area contributed by atoms with Gasteiger partial charge in [-0.1, -0.05) is 0 Å². The summed E-state index contributed by atoms with van der Waals surface area (Å²) in [6, 6.07) is 0.230. The Kier molecular flexibility index (Phi) is 4.51. The molecule has 2 aliphatic carbocycles. The maximum Gasteiger partial charge on any atom is 0.226 e. The first-order valence-electron chi connectivity index (χ1n) is 9.69. The zero-order valence-electron chi connectivity index (χ0n) is 15.1. The van der Waals surface area contributed by atoms with Gasteiger partial charge < -0.3 is 19.1 Å². The lowest BCUT2D eigenvalue weighted by Gasteiger charge is -2.38. The molecule has 0 spiro atoms. The van der Waals surface area contributed by atoms with E-state index in [1.165, 1.54) is 0 Å². The van der Waals surface area contributed by atoms with E-state index >= 15 is 0 Å². The second-order valence-electron chi connectivity index (χ2n) is 8.11. The normalized spacial score (nSPS) is 38.3. The number of carbonyl (C=O) groups is 1. The molecule has 1 aromatic rings. The largest absolute Gasteiger partial charge is 0.381 e. The first-order valence-corrected chi connectivity index (χ1v) is 10.6. The quantitative estimate of drug-likeness (QED) is 0.783. The molecule has 2 saturated carbocycles. The number of ether oxygens (including phenoxy) is 3. The smallest absolute Gasteiger partial charge is 0.226 e. The molecule has 2 saturated heterocycles. The molecule has 4 fully saturated rings. The molecular weight excluding hydrogens is 352 g/mol. The van der Waals surface area contributed by atoms with Crippen molar-refractivity contribution in [2.45, 2.75) is 38.5 Å². The van der Waals surface area contributed by atoms with Crippen LogP contribution in [0.3, 0.4) is 0 Å². The number of hydrogen-bond donors (Lipinski definition) is 0. The van der Waals surface area contributed by atoms with E-state index in [9.17, 15) is 4.79 Å². The van der Waals surface area contributed by atoms with Crippen LogP contribution in [0.5, 0.6) is 0 Å². The van der Waals surface area contributed by atoms with Crippen LogP contribution in [-0.2, 0) is 25.6 Å². The van der Waals surface area contributed by atoms with Crippen molar-refractivity contribution in [1.29, 1.82) is 0 Å². The predicted molar refractivity (Wildman–Crippen MR) is 95.8 cm³/mol. The fraction of sp³-hybridized carbons (Fsp3) is 0.789. The van der Waals surface area contributed by atoms with E-state index in [-0.39, 0.29) is 18.1 Å². The zero-order valence-corrected chi connectivity index (χ0v) is 16.0. The number of morpholine rings is 1. The number of fused-ring (bicyclic) bond motifs is 2. The van der Waals surface area contributed by atoms with Crippen molar-refractivity contribution in [3.63, 3.8) is 0 Å². The van der Waals surface area contributed by atoms with Crippen molar-refractivity contribution in [1.82, 2.24) is 9.88 Å². The van der Waals surface area contributed by atoms with Gasteiger partial charge in [-0.3, -0.25) is 4.79 Å². The zero-order chi connectivity index (χ0) is 17.7. The van der Waals surface area contributed by atoms with Crippen LogP contribution in [-0.4, -0.2) is 60.9 Å². The summed E-state index contributed by atoms with van der Waals surface area (Å²) >= 11 is 1.66. The Labute approximate surface area is 157 Å². The highest BCUT2D eigenvalue weighted by Gasteiger charge is 2.60. The summed E-state index contributed by atoms with van der Waals surface area (Å²) in [7, 11) is 0. The van der Waals surface area contributed by atoms with Gasteiger partial charge in [0, 0.05) is 17.8 Å². The Morgan fingerprint density at radius 2 is 2.23 bits per heavy atom. The van der Waals surface area contributed by atoms with E-state index in [4.69, 9.17) is 14.2 Å². The molecule has 0 aromatic carbocycles. The molecule has 5 rings (SSSR count). The van der Waals surface area contributed by atoms with Crippen LogP contribution in [0.2, 0.25) is 0 Å². The van der Waals surface area contributed by atoms with E-state index in [1.807, 2.05) is 6.92 Å². The Morgan fingerprint density at radius 3 is 3.00 bits per heavy atom. The standard InChI is InChI=1S/C19H26N2O4S/c1-11-20-13(10-26-11)7-23-6-12-4-16-17(5-12)25-3-2-21(16)19(22)18-14-8-24-9-15(14)18/h10,12,14-18H,2-9H2,1H3/t12?,14-,15+,16?,17?,18?. The number of aryl methyl sites for hydroxylation is 1. The summed E-state index contributed by atoms with van der Waals surface area (Å²) in [6.45, 7) is 6.25. The second-order valence-corrected chi connectivity index (χ2v) is 9.17. The average molecular weight is 378 g/mol. The van der Waals surface area contributed by atoms with Crippen LogP contribution >= 0.6 is 11.3 Å². The van der Waals surface area contributed by atoms with Crippen molar-refractivity contribution in [2.75, 3.05) is 33.0 Å². The Morgan fingerprint density at radius 1 is 1.38 bits per heavy atom. The van der Waals surface area contributed by atoms with Gasteiger partial charge in [0.2, 0.25) is 5.91 Å². The number of amides is 1. The SMILES string of the molecule is Cc1nc(COCC2CC3OCCN(C(=O)C4[C@H]5COC[C@@H]45)C3C2)cs1. The van der Waals surface area contributed by atoms with Crippen molar-refractivity contribution in [3.8, 4) is 0 Å². The Bertz CT molecular complexity index is 670. The summed E-state index contributed by atoms with van der Waals surface area (Å²) in [5.41, 5.74) is 1.01. The lowest BCUT2D eigenvalue weighted by atomic mass is 10.1. The number of nitrogens with zero attached hydrogens (tertiary/aromatic N) is 2.